The van der Waals surface area contributed by atoms with Crippen LogP contribution in [0, 0.1) is 0 Å². The molecule has 21 heavy (non-hydrogen) atoms. The largest absolute Gasteiger partial charge is 0.435 e. The van der Waals surface area contributed by atoms with Crippen molar-refractivity contribution in [1.82, 2.24) is 10.2 Å². The van der Waals surface area contributed by atoms with E-state index in [0.717, 1.165) is 31.2 Å². The van der Waals surface area contributed by atoms with Crippen molar-refractivity contribution < 1.29 is 18.3 Å². The van der Waals surface area contributed by atoms with Gasteiger partial charge in [-0.15, -0.1) is 0 Å². The maximum absolute atomic E-state index is 12.5. The lowest BCUT2D eigenvalue weighted by atomic mass is 9.98. The van der Waals surface area contributed by atoms with Crippen LogP contribution < -0.4 is 10.1 Å². The molecule has 1 amide bonds. The first-order valence-corrected chi connectivity index (χ1v) is 7.12. The molecular formula is C15H18F2N2O2. The highest BCUT2D eigenvalue weighted by atomic mass is 19.3. The Labute approximate surface area is 122 Å². The van der Waals surface area contributed by atoms with Gasteiger partial charge in [-0.3, -0.25) is 10.1 Å². The number of alkyl halides is 2. The quantitative estimate of drug-likeness (QED) is 0.932. The minimum Gasteiger partial charge on any atom is -0.435 e. The van der Waals surface area contributed by atoms with Crippen LogP contribution in [0.25, 0.3) is 0 Å². The smallest absolute Gasteiger partial charge is 0.387 e. The molecule has 1 N–H and O–H groups in total. The number of likely N-dealkylation sites (N-methyl/N-ethyl adjacent to an activating group) is 1. The zero-order chi connectivity index (χ0) is 15.0. The van der Waals surface area contributed by atoms with Crippen molar-refractivity contribution in [2.24, 2.45) is 0 Å². The fourth-order valence-electron chi connectivity index (χ4n) is 3.35. The van der Waals surface area contributed by atoms with Gasteiger partial charge in [-0.05, 0) is 30.5 Å². The molecule has 1 unspecified atom stereocenters. The minimum absolute atomic E-state index is 0.122. The third kappa shape index (κ3) is 2.48. The Kier molecular flexibility index (Phi) is 3.57. The Balaban J connectivity index is 1.79. The van der Waals surface area contributed by atoms with Crippen LogP contribution in [0.5, 0.6) is 5.75 Å². The Bertz CT molecular complexity index is 527. The fraction of sp³-hybridized carbons (Fsp3) is 0.533. The van der Waals surface area contributed by atoms with Gasteiger partial charge in [-0.25, -0.2) is 0 Å². The number of amides is 1. The van der Waals surface area contributed by atoms with Crippen molar-refractivity contribution >= 4 is 5.91 Å². The van der Waals surface area contributed by atoms with E-state index in [0.29, 0.717) is 0 Å². The molecule has 2 fully saturated rings. The number of ether oxygens (including phenoxy) is 1. The van der Waals surface area contributed by atoms with Crippen LogP contribution in [0.15, 0.2) is 24.3 Å². The molecule has 1 heterocycles. The number of halogens is 2. The molecule has 0 radical (unpaired) electrons. The van der Waals surface area contributed by atoms with Crippen molar-refractivity contribution in [1.29, 1.82) is 0 Å². The lowest BCUT2D eigenvalue weighted by Gasteiger charge is -2.21. The fourth-order valence-corrected chi connectivity index (χ4v) is 3.35. The van der Waals surface area contributed by atoms with Crippen molar-refractivity contribution in [3.63, 3.8) is 0 Å². The second-order valence-electron chi connectivity index (χ2n) is 5.70. The molecular weight excluding hydrogens is 278 g/mol. The van der Waals surface area contributed by atoms with Crippen molar-refractivity contribution in [2.75, 3.05) is 7.05 Å². The predicted molar refractivity (Wildman–Crippen MR) is 72.9 cm³/mol. The van der Waals surface area contributed by atoms with E-state index in [-0.39, 0.29) is 17.8 Å². The standard InChI is InChI=1S/C15H18F2N2O2/c1-19-12(18-15(13(19)20)8-2-3-9-15)10-4-6-11(7-5-10)21-14(16)17/h4-7,12,14,18H,2-3,8-9H2,1H3. The van der Waals surface area contributed by atoms with E-state index in [1.54, 1.807) is 24.1 Å². The summed E-state index contributed by atoms with van der Waals surface area (Å²) >= 11 is 0. The average molecular weight is 296 g/mol. The summed E-state index contributed by atoms with van der Waals surface area (Å²) in [5, 5.41) is 3.43. The summed E-state index contributed by atoms with van der Waals surface area (Å²) in [4.78, 5) is 14.2. The van der Waals surface area contributed by atoms with E-state index in [9.17, 15) is 13.6 Å². The van der Waals surface area contributed by atoms with E-state index in [4.69, 9.17) is 0 Å². The number of carbonyl (C=O) groups is 1. The van der Waals surface area contributed by atoms with Gasteiger partial charge in [0.1, 0.15) is 11.9 Å². The van der Waals surface area contributed by atoms with Crippen LogP contribution >= 0.6 is 0 Å². The second kappa shape index (κ2) is 5.26. The van der Waals surface area contributed by atoms with Crippen molar-refractivity contribution in [3.8, 4) is 5.75 Å². The number of nitrogens with one attached hydrogen (secondary N) is 1. The summed E-state index contributed by atoms with van der Waals surface area (Å²) in [6.07, 6.45) is 3.62. The molecule has 1 saturated carbocycles. The molecule has 4 nitrogen and oxygen atoms in total. The molecule has 114 valence electrons. The summed E-state index contributed by atoms with van der Waals surface area (Å²) in [5.74, 6) is 0.245. The zero-order valence-electron chi connectivity index (χ0n) is 11.8. The summed E-state index contributed by atoms with van der Waals surface area (Å²) in [6, 6.07) is 6.43. The molecule has 1 aliphatic carbocycles. The van der Waals surface area contributed by atoms with Gasteiger partial charge in [0.15, 0.2) is 0 Å². The van der Waals surface area contributed by atoms with E-state index >= 15 is 0 Å². The number of nitrogens with zero attached hydrogens (tertiary/aromatic N) is 1. The molecule has 1 aromatic carbocycles. The third-order valence-corrected chi connectivity index (χ3v) is 4.41. The molecule has 1 aliphatic heterocycles. The van der Waals surface area contributed by atoms with Crippen LogP contribution in [-0.4, -0.2) is 30.0 Å². The van der Waals surface area contributed by atoms with Gasteiger partial charge in [0, 0.05) is 7.05 Å². The molecule has 1 spiro atoms. The van der Waals surface area contributed by atoms with Gasteiger partial charge in [-0.2, -0.15) is 8.78 Å². The van der Waals surface area contributed by atoms with Crippen molar-refractivity contribution in [2.45, 2.75) is 44.0 Å². The molecule has 1 aromatic rings. The Morgan fingerprint density at radius 3 is 2.48 bits per heavy atom. The normalized spacial score (nSPS) is 24.3. The molecule has 6 heteroatoms. The second-order valence-corrected chi connectivity index (χ2v) is 5.70. The molecule has 3 rings (SSSR count). The Morgan fingerprint density at radius 1 is 1.29 bits per heavy atom. The highest BCUT2D eigenvalue weighted by Crippen LogP contribution is 2.40. The molecule has 0 aromatic heterocycles. The van der Waals surface area contributed by atoms with E-state index < -0.39 is 12.2 Å². The van der Waals surface area contributed by atoms with Gasteiger partial charge in [0.25, 0.3) is 0 Å². The number of benzene rings is 1. The monoisotopic (exact) mass is 296 g/mol. The van der Waals surface area contributed by atoms with Gasteiger partial charge < -0.3 is 9.64 Å². The van der Waals surface area contributed by atoms with E-state index in [1.165, 1.54) is 12.1 Å². The highest BCUT2D eigenvalue weighted by molar-refractivity contribution is 5.89. The first-order valence-electron chi connectivity index (χ1n) is 7.12. The SMILES string of the molecule is CN1C(=O)C2(CCCC2)NC1c1ccc(OC(F)F)cc1. The topological polar surface area (TPSA) is 41.6 Å². The highest BCUT2D eigenvalue weighted by Gasteiger charge is 2.51. The van der Waals surface area contributed by atoms with Crippen LogP contribution in [0.3, 0.4) is 0 Å². The summed E-state index contributed by atoms with van der Waals surface area (Å²) in [6.45, 7) is -2.83. The number of hydrogen-bond donors (Lipinski definition) is 1. The first-order chi connectivity index (χ1) is 10.0. The third-order valence-electron chi connectivity index (χ3n) is 4.41. The minimum atomic E-state index is -2.83. The first kappa shape index (κ1) is 14.3. The van der Waals surface area contributed by atoms with Gasteiger partial charge in [0.05, 0.1) is 5.54 Å². The maximum Gasteiger partial charge on any atom is 0.387 e. The van der Waals surface area contributed by atoms with Crippen LogP contribution in [0.4, 0.5) is 8.78 Å². The van der Waals surface area contributed by atoms with Crippen LogP contribution in [0.2, 0.25) is 0 Å². The number of rotatable bonds is 3. The summed E-state index contributed by atoms with van der Waals surface area (Å²) < 4.78 is 28.6. The maximum atomic E-state index is 12.5. The Hall–Kier alpha value is -1.69. The van der Waals surface area contributed by atoms with Gasteiger partial charge in [-0.1, -0.05) is 25.0 Å². The lowest BCUT2D eigenvalue weighted by molar-refractivity contribution is -0.132. The average Bonchev–Trinajstić information content (AvgIpc) is 3.01. The number of hydrogen-bond acceptors (Lipinski definition) is 3. The van der Waals surface area contributed by atoms with Crippen molar-refractivity contribution in [3.05, 3.63) is 29.8 Å². The lowest BCUT2D eigenvalue weighted by Crippen LogP contribution is -2.43. The summed E-state index contributed by atoms with van der Waals surface area (Å²) in [5.41, 5.74) is 0.439. The predicted octanol–water partition coefficient (Wildman–Crippen LogP) is 2.66. The van der Waals surface area contributed by atoms with E-state index in [1.807, 2.05) is 0 Å². The van der Waals surface area contributed by atoms with Gasteiger partial charge >= 0.3 is 6.61 Å². The molecule has 0 bridgehead atoms. The van der Waals surface area contributed by atoms with E-state index in [2.05, 4.69) is 10.1 Å². The molecule has 1 saturated heterocycles. The Morgan fingerprint density at radius 2 is 1.90 bits per heavy atom. The zero-order valence-corrected chi connectivity index (χ0v) is 11.8. The van der Waals surface area contributed by atoms with Crippen LogP contribution in [0.1, 0.15) is 37.4 Å². The summed E-state index contributed by atoms with van der Waals surface area (Å²) in [7, 11) is 1.77. The number of carbonyl (C=O) groups excluding carboxylic acids is 1. The van der Waals surface area contributed by atoms with Crippen LogP contribution in [-0.2, 0) is 4.79 Å². The molecule has 2 aliphatic rings. The molecule has 1 atom stereocenters. The van der Waals surface area contributed by atoms with Gasteiger partial charge in [0.2, 0.25) is 5.91 Å².